The number of hydrogen-bond donors (Lipinski definition) is 2. The molecule has 0 radical (unpaired) electrons. The second-order valence-electron chi connectivity index (χ2n) is 6.81. The number of anilines is 2. The fraction of sp³-hybridized carbons (Fsp3) is 0.350. The number of benzene rings is 2. The van der Waals surface area contributed by atoms with Gasteiger partial charge in [-0.05, 0) is 48.4 Å². The Hall–Kier alpha value is -2.49. The van der Waals surface area contributed by atoms with Crippen molar-refractivity contribution in [3.63, 3.8) is 0 Å². The van der Waals surface area contributed by atoms with E-state index in [9.17, 15) is 4.79 Å². The smallest absolute Gasteiger partial charge is 0.229 e. The Morgan fingerprint density at radius 1 is 1.04 bits per heavy atom. The molecule has 4 nitrogen and oxygen atoms in total. The van der Waals surface area contributed by atoms with Crippen LogP contribution in [0, 0.1) is 5.41 Å². The molecule has 1 amide bonds. The zero-order valence-corrected chi connectivity index (χ0v) is 14.8. The van der Waals surface area contributed by atoms with Crippen LogP contribution in [-0.2, 0) is 11.2 Å². The molecular weight excluding hydrogens is 300 g/mol. The number of carbonyl (C=O) groups excluding carboxylic acids is 1. The van der Waals surface area contributed by atoms with Crippen molar-refractivity contribution in [2.75, 3.05) is 24.3 Å². The Morgan fingerprint density at radius 2 is 1.71 bits per heavy atom. The number of hydrogen-bond acceptors (Lipinski definition) is 3. The minimum atomic E-state index is -0.395. The average Bonchev–Trinajstić information content (AvgIpc) is 2.56. The summed E-state index contributed by atoms with van der Waals surface area (Å²) in [5.74, 6) is 0.896. The largest absolute Gasteiger partial charge is 0.497 e. The third-order valence-corrected chi connectivity index (χ3v) is 3.70. The first-order valence-electron chi connectivity index (χ1n) is 8.17. The van der Waals surface area contributed by atoms with E-state index in [0.717, 1.165) is 30.1 Å². The number of rotatable bonds is 6. The first-order chi connectivity index (χ1) is 11.4. The van der Waals surface area contributed by atoms with Gasteiger partial charge in [0.1, 0.15) is 5.75 Å². The molecule has 0 aromatic heterocycles. The molecule has 0 spiro atoms. The standard InChI is InChI=1S/C20H26N2O2/c1-20(2,3)19(23)22-17-10-8-16(9-11-17)21-13-12-15-6-5-7-18(14-15)24-4/h5-11,14,21H,12-13H2,1-4H3,(H,22,23). The van der Waals surface area contributed by atoms with E-state index in [1.165, 1.54) is 5.56 Å². The highest BCUT2D eigenvalue weighted by molar-refractivity contribution is 5.94. The number of carbonyl (C=O) groups is 1. The van der Waals surface area contributed by atoms with Gasteiger partial charge in [0.05, 0.1) is 7.11 Å². The predicted molar refractivity (Wildman–Crippen MR) is 99.7 cm³/mol. The zero-order chi connectivity index (χ0) is 17.6. The van der Waals surface area contributed by atoms with Crippen LogP contribution < -0.4 is 15.4 Å². The summed E-state index contributed by atoms with van der Waals surface area (Å²) in [6.07, 6.45) is 0.916. The molecule has 0 aliphatic carbocycles. The van der Waals surface area contributed by atoms with Crippen LogP contribution in [0.5, 0.6) is 5.75 Å². The lowest BCUT2D eigenvalue weighted by molar-refractivity contribution is -0.123. The Labute approximate surface area is 144 Å². The zero-order valence-electron chi connectivity index (χ0n) is 14.8. The van der Waals surface area contributed by atoms with Gasteiger partial charge in [-0.1, -0.05) is 32.9 Å². The van der Waals surface area contributed by atoms with Crippen LogP contribution in [0.1, 0.15) is 26.3 Å². The molecule has 0 heterocycles. The summed E-state index contributed by atoms with van der Waals surface area (Å²) in [5, 5.41) is 6.31. The summed E-state index contributed by atoms with van der Waals surface area (Å²) in [6.45, 7) is 6.53. The van der Waals surface area contributed by atoms with Gasteiger partial charge < -0.3 is 15.4 Å². The van der Waals surface area contributed by atoms with Crippen LogP contribution >= 0.6 is 0 Å². The molecule has 0 bridgehead atoms. The van der Waals surface area contributed by atoms with E-state index < -0.39 is 5.41 Å². The summed E-state index contributed by atoms with van der Waals surface area (Å²) in [5.41, 5.74) is 2.68. The van der Waals surface area contributed by atoms with Crippen molar-refractivity contribution >= 4 is 17.3 Å². The van der Waals surface area contributed by atoms with E-state index in [2.05, 4.69) is 16.7 Å². The maximum absolute atomic E-state index is 12.0. The van der Waals surface area contributed by atoms with E-state index >= 15 is 0 Å². The molecule has 0 aliphatic rings. The topological polar surface area (TPSA) is 50.4 Å². The molecule has 4 heteroatoms. The van der Waals surface area contributed by atoms with E-state index in [-0.39, 0.29) is 5.91 Å². The van der Waals surface area contributed by atoms with Gasteiger partial charge in [-0.3, -0.25) is 4.79 Å². The second-order valence-corrected chi connectivity index (χ2v) is 6.81. The molecule has 128 valence electrons. The normalized spacial score (nSPS) is 11.0. The summed E-state index contributed by atoms with van der Waals surface area (Å²) in [4.78, 5) is 12.0. The van der Waals surface area contributed by atoms with E-state index in [0.29, 0.717) is 0 Å². The fourth-order valence-electron chi connectivity index (χ4n) is 2.17. The van der Waals surface area contributed by atoms with Gasteiger partial charge in [-0.2, -0.15) is 0 Å². The van der Waals surface area contributed by atoms with Gasteiger partial charge in [-0.15, -0.1) is 0 Å². The predicted octanol–water partition coefficient (Wildman–Crippen LogP) is 4.33. The third kappa shape index (κ3) is 5.30. The third-order valence-electron chi connectivity index (χ3n) is 3.70. The van der Waals surface area contributed by atoms with Gasteiger partial charge in [0.2, 0.25) is 5.91 Å². The van der Waals surface area contributed by atoms with Gasteiger partial charge in [0.15, 0.2) is 0 Å². The first-order valence-corrected chi connectivity index (χ1v) is 8.17. The monoisotopic (exact) mass is 326 g/mol. The number of nitrogens with one attached hydrogen (secondary N) is 2. The molecule has 24 heavy (non-hydrogen) atoms. The Balaban J connectivity index is 1.84. The Morgan fingerprint density at radius 3 is 2.33 bits per heavy atom. The van der Waals surface area contributed by atoms with E-state index in [1.807, 2.05) is 63.2 Å². The molecule has 2 aromatic rings. The van der Waals surface area contributed by atoms with Gasteiger partial charge in [0, 0.05) is 23.3 Å². The maximum atomic E-state index is 12.0. The number of ether oxygens (including phenoxy) is 1. The summed E-state index contributed by atoms with van der Waals surface area (Å²) in [7, 11) is 1.68. The van der Waals surface area contributed by atoms with Gasteiger partial charge >= 0.3 is 0 Å². The van der Waals surface area contributed by atoms with Gasteiger partial charge in [0.25, 0.3) is 0 Å². The summed E-state index contributed by atoms with van der Waals surface area (Å²) < 4.78 is 5.23. The lowest BCUT2D eigenvalue weighted by atomic mass is 9.95. The van der Waals surface area contributed by atoms with Crippen molar-refractivity contribution in [1.29, 1.82) is 0 Å². The van der Waals surface area contributed by atoms with Crippen LogP contribution in [0.3, 0.4) is 0 Å². The van der Waals surface area contributed by atoms with Crippen LogP contribution in [0.15, 0.2) is 48.5 Å². The summed E-state index contributed by atoms with van der Waals surface area (Å²) >= 11 is 0. The molecule has 2 rings (SSSR count). The Kier molecular flexibility index (Phi) is 5.85. The average molecular weight is 326 g/mol. The molecule has 0 unspecified atom stereocenters. The van der Waals surface area contributed by atoms with Crippen LogP contribution in [0.25, 0.3) is 0 Å². The van der Waals surface area contributed by atoms with E-state index in [1.54, 1.807) is 7.11 Å². The van der Waals surface area contributed by atoms with E-state index in [4.69, 9.17) is 4.74 Å². The second kappa shape index (κ2) is 7.86. The lowest BCUT2D eigenvalue weighted by Crippen LogP contribution is -2.27. The van der Waals surface area contributed by atoms with Gasteiger partial charge in [-0.25, -0.2) is 0 Å². The number of amides is 1. The lowest BCUT2D eigenvalue weighted by Gasteiger charge is -2.17. The van der Waals surface area contributed by atoms with Crippen molar-refractivity contribution in [2.45, 2.75) is 27.2 Å². The summed E-state index contributed by atoms with van der Waals surface area (Å²) in [6, 6.07) is 15.9. The molecular formula is C20H26N2O2. The van der Waals surface area contributed by atoms with Crippen molar-refractivity contribution < 1.29 is 9.53 Å². The minimum Gasteiger partial charge on any atom is -0.497 e. The quantitative estimate of drug-likeness (QED) is 0.830. The molecule has 0 saturated carbocycles. The molecule has 0 saturated heterocycles. The Bertz CT molecular complexity index is 673. The van der Waals surface area contributed by atoms with Crippen molar-refractivity contribution in [2.24, 2.45) is 5.41 Å². The maximum Gasteiger partial charge on any atom is 0.229 e. The molecule has 0 aliphatic heterocycles. The fourth-order valence-corrected chi connectivity index (χ4v) is 2.17. The van der Waals surface area contributed by atoms with Crippen LogP contribution in [0.2, 0.25) is 0 Å². The molecule has 2 N–H and O–H groups in total. The SMILES string of the molecule is COc1cccc(CCNc2ccc(NC(=O)C(C)(C)C)cc2)c1. The van der Waals surface area contributed by atoms with Crippen LogP contribution in [-0.4, -0.2) is 19.6 Å². The molecule has 2 aromatic carbocycles. The highest BCUT2D eigenvalue weighted by atomic mass is 16.5. The first kappa shape index (κ1) is 17.9. The minimum absolute atomic E-state index is 0.0150. The highest BCUT2D eigenvalue weighted by Gasteiger charge is 2.20. The van der Waals surface area contributed by atoms with Crippen LogP contribution in [0.4, 0.5) is 11.4 Å². The van der Waals surface area contributed by atoms with Crippen molar-refractivity contribution in [3.8, 4) is 5.75 Å². The highest BCUT2D eigenvalue weighted by Crippen LogP contribution is 2.19. The molecule has 0 atom stereocenters. The number of methoxy groups -OCH3 is 1. The molecule has 0 fully saturated rings. The van der Waals surface area contributed by atoms with Crippen molar-refractivity contribution in [3.05, 3.63) is 54.1 Å². The van der Waals surface area contributed by atoms with Crippen molar-refractivity contribution in [1.82, 2.24) is 0 Å².